The minimum Gasteiger partial charge on any atom is -0.312 e. The standard InChI is InChI=1S/C16H34N2/c1-6-7-8-18-11-15(14(4)5)9-16(12-18)17-10-13(2)3/h13-17H,6-12H2,1-5H3. The summed E-state index contributed by atoms with van der Waals surface area (Å²) >= 11 is 0. The fourth-order valence-corrected chi connectivity index (χ4v) is 2.83. The third-order valence-corrected chi connectivity index (χ3v) is 4.14. The maximum atomic E-state index is 3.77. The van der Waals surface area contributed by atoms with E-state index in [1.807, 2.05) is 0 Å². The second kappa shape index (κ2) is 8.16. The number of nitrogens with zero attached hydrogens (tertiary/aromatic N) is 1. The molecule has 0 aromatic rings. The number of unbranched alkanes of at least 4 members (excludes halogenated alkanes) is 1. The van der Waals surface area contributed by atoms with Crippen molar-refractivity contribution in [1.29, 1.82) is 0 Å². The maximum Gasteiger partial charge on any atom is 0.0198 e. The Morgan fingerprint density at radius 2 is 1.89 bits per heavy atom. The van der Waals surface area contributed by atoms with Gasteiger partial charge in [0.05, 0.1) is 0 Å². The number of nitrogens with one attached hydrogen (secondary N) is 1. The van der Waals surface area contributed by atoms with Crippen LogP contribution in [0.4, 0.5) is 0 Å². The highest BCUT2D eigenvalue weighted by atomic mass is 15.2. The van der Waals surface area contributed by atoms with E-state index in [0.29, 0.717) is 6.04 Å². The molecule has 1 N–H and O–H groups in total. The number of piperidine rings is 1. The fraction of sp³-hybridized carbons (Fsp3) is 1.00. The average molecular weight is 254 g/mol. The number of hydrogen-bond donors (Lipinski definition) is 1. The zero-order valence-corrected chi connectivity index (χ0v) is 13.2. The van der Waals surface area contributed by atoms with Crippen molar-refractivity contribution >= 4 is 0 Å². The third kappa shape index (κ3) is 5.71. The molecule has 1 fully saturated rings. The molecular formula is C16H34N2. The van der Waals surface area contributed by atoms with E-state index in [0.717, 1.165) is 24.3 Å². The van der Waals surface area contributed by atoms with E-state index < -0.39 is 0 Å². The van der Waals surface area contributed by atoms with Gasteiger partial charge in [-0.05, 0) is 43.7 Å². The van der Waals surface area contributed by atoms with E-state index in [4.69, 9.17) is 0 Å². The Morgan fingerprint density at radius 3 is 2.44 bits per heavy atom. The normalized spacial score (nSPS) is 26.2. The first-order chi connectivity index (χ1) is 8.52. The van der Waals surface area contributed by atoms with Gasteiger partial charge >= 0.3 is 0 Å². The van der Waals surface area contributed by atoms with Crippen LogP contribution in [0, 0.1) is 17.8 Å². The zero-order chi connectivity index (χ0) is 13.5. The highest BCUT2D eigenvalue weighted by Crippen LogP contribution is 2.24. The third-order valence-electron chi connectivity index (χ3n) is 4.14. The Bertz CT molecular complexity index is 213. The summed E-state index contributed by atoms with van der Waals surface area (Å²) in [6.07, 6.45) is 4.03. The molecule has 0 bridgehead atoms. The van der Waals surface area contributed by atoms with Gasteiger partial charge in [0.1, 0.15) is 0 Å². The molecule has 2 unspecified atom stereocenters. The first-order valence-corrected chi connectivity index (χ1v) is 7.98. The van der Waals surface area contributed by atoms with Crippen molar-refractivity contribution in [2.24, 2.45) is 17.8 Å². The van der Waals surface area contributed by atoms with Crippen LogP contribution in [0.3, 0.4) is 0 Å². The lowest BCUT2D eigenvalue weighted by molar-refractivity contribution is 0.113. The second-order valence-corrected chi connectivity index (χ2v) is 6.85. The molecule has 0 amide bonds. The molecule has 2 atom stereocenters. The minimum atomic E-state index is 0.713. The van der Waals surface area contributed by atoms with Crippen LogP contribution in [-0.4, -0.2) is 37.1 Å². The van der Waals surface area contributed by atoms with Crippen molar-refractivity contribution in [3.05, 3.63) is 0 Å². The predicted octanol–water partition coefficient (Wildman–Crippen LogP) is 3.38. The number of likely N-dealkylation sites (tertiary alicyclic amines) is 1. The maximum absolute atomic E-state index is 3.77. The molecule has 0 spiro atoms. The highest BCUT2D eigenvalue weighted by molar-refractivity contribution is 4.85. The van der Waals surface area contributed by atoms with Crippen molar-refractivity contribution < 1.29 is 0 Å². The van der Waals surface area contributed by atoms with Crippen LogP contribution < -0.4 is 5.32 Å². The molecule has 0 aromatic carbocycles. The monoisotopic (exact) mass is 254 g/mol. The zero-order valence-electron chi connectivity index (χ0n) is 13.2. The summed E-state index contributed by atoms with van der Waals surface area (Å²) in [6, 6.07) is 0.713. The van der Waals surface area contributed by atoms with Crippen molar-refractivity contribution in [3.63, 3.8) is 0 Å². The Balaban J connectivity index is 2.45. The van der Waals surface area contributed by atoms with Crippen molar-refractivity contribution in [3.8, 4) is 0 Å². The average Bonchev–Trinajstić information content (AvgIpc) is 2.33. The van der Waals surface area contributed by atoms with E-state index in [2.05, 4.69) is 44.8 Å². The van der Waals surface area contributed by atoms with Crippen LogP contribution in [0.2, 0.25) is 0 Å². The summed E-state index contributed by atoms with van der Waals surface area (Å²) in [5, 5.41) is 3.77. The smallest absolute Gasteiger partial charge is 0.0198 e. The number of rotatable bonds is 7. The van der Waals surface area contributed by atoms with Gasteiger partial charge in [0.25, 0.3) is 0 Å². The first kappa shape index (κ1) is 16.0. The van der Waals surface area contributed by atoms with Gasteiger partial charge in [-0.3, -0.25) is 0 Å². The van der Waals surface area contributed by atoms with Crippen LogP contribution in [0.1, 0.15) is 53.9 Å². The molecular weight excluding hydrogens is 220 g/mol. The lowest BCUT2D eigenvalue weighted by Crippen LogP contribution is -2.51. The quantitative estimate of drug-likeness (QED) is 0.749. The van der Waals surface area contributed by atoms with Gasteiger partial charge in [0.2, 0.25) is 0 Å². The summed E-state index contributed by atoms with van der Waals surface area (Å²) in [7, 11) is 0. The molecule has 0 radical (unpaired) electrons. The van der Waals surface area contributed by atoms with Crippen molar-refractivity contribution in [2.75, 3.05) is 26.2 Å². The lowest BCUT2D eigenvalue weighted by atomic mass is 9.85. The molecule has 1 saturated heterocycles. The van der Waals surface area contributed by atoms with Crippen LogP contribution >= 0.6 is 0 Å². The largest absolute Gasteiger partial charge is 0.312 e. The molecule has 2 heteroatoms. The van der Waals surface area contributed by atoms with Crippen molar-refractivity contribution in [2.45, 2.75) is 59.9 Å². The van der Waals surface area contributed by atoms with Gasteiger partial charge in [-0.15, -0.1) is 0 Å². The summed E-state index contributed by atoms with van der Waals surface area (Å²) < 4.78 is 0. The van der Waals surface area contributed by atoms with Gasteiger partial charge in [-0.2, -0.15) is 0 Å². The molecule has 108 valence electrons. The first-order valence-electron chi connectivity index (χ1n) is 7.98. The second-order valence-electron chi connectivity index (χ2n) is 6.85. The number of hydrogen-bond acceptors (Lipinski definition) is 2. The molecule has 1 aliphatic heterocycles. The minimum absolute atomic E-state index is 0.713. The molecule has 0 aromatic heterocycles. The molecule has 1 heterocycles. The Kier molecular flexibility index (Phi) is 7.25. The van der Waals surface area contributed by atoms with Gasteiger partial charge in [0, 0.05) is 19.1 Å². The van der Waals surface area contributed by atoms with Crippen LogP contribution in [0.5, 0.6) is 0 Å². The van der Waals surface area contributed by atoms with E-state index in [9.17, 15) is 0 Å². The molecule has 0 aliphatic carbocycles. The van der Waals surface area contributed by atoms with E-state index in [1.165, 1.54) is 38.9 Å². The molecule has 1 rings (SSSR count). The van der Waals surface area contributed by atoms with Crippen LogP contribution in [0.25, 0.3) is 0 Å². The van der Waals surface area contributed by atoms with E-state index >= 15 is 0 Å². The summed E-state index contributed by atoms with van der Waals surface area (Å²) in [5.74, 6) is 2.45. The summed E-state index contributed by atoms with van der Waals surface area (Å²) in [5.41, 5.74) is 0. The van der Waals surface area contributed by atoms with Gasteiger partial charge in [-0.25, -0.2) is 0 Å². The Hall–Kier alpha value is -0.0800. The Morgan fingerprint density at radius 1 is 1.17 bits per heavy atom. The SMILES string of the molecule is CCCCN1CC(NCC(C)C)CC(C(C)C)C1. The lowest BCUT2D eigenvalue weighted by Gasteiger charge is -2.40. The van der Waals surface area contributed by atoms with Crippen LogP contribution in [0.15, 0.2) is 0 Å². The predicted molar refractivity (Wildman–Crippen MR) is 80.9 cm³/mol. The molecule has 2 nitrogen and oxygen atoms in total. The van der Waals surface area contributed by atoms with Gasteiger partial charge < -0.3 is 10.2 Å². The van der Waals surface area contributed by atoms with Gasteiger partial charge in [-0.1, -0.05) is 41.0 Å². The van der Waals surface area contributed by atoms with E-state index in [-0.39, 0.29) is 0 Å². The van der Waals surface area contributed by atoms with E-state index in [1.54, 1.807) is 0 Å². The molecule has 0 saturated carbocycles. The van der Waals surface area contributed by atoms with Crippen LogP contribution in [-0.2, 0) is 0 Å². The fourth-order valence-electron chi connectivity index (χ4n) is 2.83. The topological polar surface area (TPSA) is 15.3 Å². The Labute approximate surface area is 115 Å². The summed E-state index contributed by atoms with van der Waals surface area (Å²) in [4.78, 5) is 2.69. The van der Waals surface area contributed by atoms with Crippen molar-refractivity contribution in [1.82, 2.24) is 10.2 Å². The van der Waals surface area contributed by atoms with Gasteiger partial charge in [0.15, 0.2) is 0 Å². The summed E-state index contributed by atoms with van der Waals surface area (Å²) in [6.45, 7) is 16.7. The molecule has 18 heavy (non-hydrogen) atoms. The molecule has 1 aliphatic rings. The highest BCUT2D eigenvalue weighted by Gasteiger charge is 2.28.